The second-order valence-electron chi connectivity index (χ2n) is 6.00. The highest BCUT2D eigenvalue weighted by atomic mass is 79.9. The van der Waals surface area contributed by atoms with Crippen molar-refractivity contribution in [2.75, 3.05) is 24.5 Å². The molecule has 1 amide bonds. The number of hydrogen-bond acceptors (Lipinski definition) is 6. The van der Waals surface area contributed by atoms with Crippen LogP contribution in [0.15, 0.2) is 59.1 Å². The van der Waals surface area contributed by atoms with Crippen LogP contribution < -0.4 is 10.9 Å². The van der Waals surface area contributed by atoms with Crippen LogP contribution >= 0.6 is 40.3 Å². The van der Waals surface area contributed by atoms with Crippen LogP contribution in [-0.2, 0) is 11.3 Å². The molecule has 1 aliphatic heterocycles. The average molecular weight is 453 g/mol. The van der Waals surface area contributed by atoms with E-state index in [2.05, 4.69) is 61.3 Å². The first-order valence-electron chi connectivity index (χ1n) is 8.20. The van der Waals surface area contributed by atoms with E-state index in [9.17, 15) is 4.79 Å². The van der Waals surface area contributed by atoms with Crippen LogP contribution in [0.5, 0.6) is 0 Å². The Labute approximate surface area is 172 Å². The maximum absolute atomic E-state index is 12.2. The third kappa shape index (κ3) is 5.92. The fourth-order valence-electron chi connectivity index (χ4n) is 2.60. The molecule has 2 aromatic rings. The number of carbonyl (C=O) groups is 1. The maximum atomic E-state index is 12.2. The molecule has 5 nitrogen and oxygen atoms in total. The van der Waals surface area contributed by atoms with Gasteiger partial charge in [0.05, 0.1) is 18.9 Å². The van der Waals surface area contributed by atoms with Crippen molar-refractivity contribution in [1.29, 1.82) is 0 Å². The van der Waals surface area contributed by atoms with Gasteiger partial charge in [-0.05, 0) is 29.8 Å². The van der Waals surface area contributed by atoms with Gasteiger partial charge in [-0.3, -0.25) is 25.4 Å². The van der Waals surface area contributed by atoms with E-state index in [1.54, 1.807) is 11.8 Å². The Hall–Kier alpha value is -1.19. The predicted octanol–water partition coefficient (Wildman–Crippen LogP) is 3.57. The van der Waals surface area contributed by atoms with Crippen molar-refractivity contribution in [3.8, 4) is 0 Å². The molecule has 0 bridgehead atoms. The Morgan fingerprint density at radius 3 is 2.65 bits per heavy atom. The molecule has 1 unspecified atom stereocenters. The quantitative estimate of drug-likeness (QED) is 0.461. The molecule has 26 heavy (non-hydrogen) atoms. The third-order valence-electron chi connectivity index (χ3n) is 3.89. The molecule has 1 fully saturated rings. The van der Waals surface area contributed by atoms with Gasteiger partial charge < -0.3 is 0 Å². The normalized spacial score (nSPS) is 18.5. The van der Waals surface area contributed by atoms with Crippen molar-refractivity contribution in [2.24, 2.45) is 0 Å². The number of hydrazine groups is 1. The number of nitrogens with zero attached hydrogens (tertiary/aromatic N) is 2. The van der Waals surface area contributed by atoms with E-state index >= 15 is 0 Å². The van der Waals surface area contributed by atoms with Gasteiger partial charge in [0.2, 0.25) is 0 Å². The highest BCUT2D eigenvalue weighted by molar-refractivity contribution is 9.10. The smallest absolute Gasteiger partial charge is 0.252 e. The van der Waals surface area contributed by atoms with E-state index in [0.29, 0.717) is 13.2 Å². The molecular weight excluding hydrogens is 432 g/mol. The number of carbonyl (C=O) groups excluding carboxylic acids is 1. The van der Waals surface area contributed by atoms with Gasteiger partial charge in [-0.15, -0.1) is 24.4 Å². The predicted molar refractivity (Wildman–Crippen MR) is 115 cm³/mol. The van der Waals surface area contributed by atoms with Crippen LogP contribution in [0.3, 0.4) is 0 Å². The van der Waals surface area contributed by atoms with E-state index in [0.717, 1.165) is 22.6 Å². The molecule has 1 saturated heterocycles. The van der Waals surface area contributed by atoms with E-state index in [4.69, 9.17) is 0 Å². The second-order valence-corrected chi connectivity index (χ2v) is 8.80. The molecule has 2 aromatic carbocycles. The van der Waals surface area contributed by atoms with Crippen molar-refractivity contribution in [1.82, 2.24) is 15.2 Å². The highest BCUT2D eigenvalue weighted by Gasteiger charge is 2.26. The zero-order valence-electron chi connectivity index (χ0n) is 14.1. The molecule has 0 radical (unpaired) electrons. The van der Waals surface area contributed by atoms with Crippen molar-refractivity contribution in [3.05, 3.63) is 64.6 Å². The van der Waals surface area contributed by atoms with Crippen LogP contribution in [0.4, 0.5) is 5.69 Å². The summed E-state index contributed by atoms with van der Waals surface area (Å²) in [5, 5.41) is 0. The third-order valence-corrected chi connectivity index (χ3v) is 6.30. The summed E-state index contributed by atoms with van der Waals surface area (Å²) >= 11 is 9.77. The summed E-state index contributed by atoms with van der Waals surface area (Å²) < 4.78 is 1.13. The van der Waals surface area contributed by atoms with Gasteiger partial charge in [-0.25, -0.2) is 0 Å². The minimum absolute atomic E-state index is 0.0641. The number of benzene rings is 2. The summed E-state index contributed by atoms with van der Waals surface area (Å²) in [5.74, 6) is 0.719. The lowest BCUT2D eigenvalue weighted by Crippen LogP contribution is -2.49. The zero-order chi connectivity index (χ0) is 18.4. The molecule has 0 aliphatic carbocycles. The molecule has 0 spiro atoms. The minimum Gasteiger partial charge on any atom is -0.299 e. The first-order valence-corrected chi connectivity index (χ1v) is 10.6. The number of amides is 1. The zero-order valence-corrected chi connectivity index (χ0v) is 17.4. The lowest BCUT2D eigenvalue weighted by Gasteiger charge is -2.38. The second kappa shape index (κ2) is 9.66. The molecule has 3 rings (SSSR count). The average Bonchev–Trinajstić information content (AvgIpc) is 2.65. The Bertz CT molecular complexity index is 717. The van der Waals surface area contributed by atoms with Crippen LogP contribution in [0.1, 0.15) is 5.56 Å². The topological polar surface area (TPSA) is 47.6 Å². The van der Waals surface area contributed by atoms with Crippen LogP contribution in [0.25, 0.3) is 0 Å². The largest absolute Gasteiger partial charge is 0.299 e. The summed E-state index contributed by atoms with van der Waals surface area (Å²) in [5.41, 5.74) is 7.78. The van der Waals surface area contributed by atoms with E-state index in [1.807, 2.05) is 42.5 Å². The number of hydrogen-bond donors (Lipinski definition) is 3. The Kier molecular flexibility index (Phi) is 7.27. The van der Waals surface area contributed by atoms with E-state index < -0.39 is 0 Å². The van der Waals surface area contributed by atoms with Gasteiger partial charge in [-0.1, -0.05) is 46.3 Å². The standard InChI is InChI=1S/C18H21BrN4OS2/c19-15-6-8-16(9-7-15)20-21-17(24)11-22-12-23(18(25)26-13-22)10-14-4-2-1-3-5-14/h1-9,18,20,25H,10-13H2,(H,21,24). The Balaban J connectivity index is 1.47. The maximum Gasteiger partial charge on any atom is 0.252 e. The summed E-state index contributed by atoms with van der Waals surface area (Å²) in [6, 6.07) is 18.0. The lowest BCUT2D eigenvalue weighted by atomic mass is 10.2. The van der Waals surface area contributed by atoms with E-state index in [-0.39, 0.29) is 10.6 Å². The molecule has 1 heterocycles. The molecular formula is C18H21BrN4OS2. The summed E-state index contributed by atoms with van der Waals surface area (Å²) in [6.45, 7) is 1.86. The van der Waals surface area contributed by atoms with Gasteiger partial charge in [0.15, 0.2) is 0 Å². The van der Waals surface area contributed by atoms with Crippen molar-refractivity contribution in [3.63, 3.8) is 0 Å². The Morgan fingerprint density at radius 1 is 1.19 bits per heavy atom. The van der Waals surface area contributed by atoms with Crippen molar-refractivity contribution < 1.29 is 4.79 Å². The fourth-order valence-corrected chi connectivity index (χ4v) is 4.09. The van der Waals surface area contributed by atoms with E-state index in [1.165, 1.54) is 5.56 Å². The summed E-state index contributed by atoms with van der Waals surface area (Å²) in [7, 11) is 0. The molecule has 0 aromatic heterocycles. The molecule has 2 N–H and O–H groups in total. The number of anilines is 1. The summed E-state index contributed by atoms with van der Waals surface area (Å²) in [4.78, 5) is 16.6. The first-order chi connectivity index (χ1) is 12.6. The van der Waals surface area contributed by atoms with Crippen LogP contribution in [0, 0.1) is 0 Å². The molecule has 0 saturated carbocycles. The van der Waals surface area contributed by atoms with Gasteiger partial charge in [0.1, 0.15) is 4.71 Å². The SMILES string of the molecule is O=C(CN1CSC(S)N(Cc2ccccc2)C1)NNc1ccc(Br)cc1. The molecule has 1 aliphatic rings. The van der Waals surface area contributed by atoms with Crippen LogP contribution in [-0.4, -0.2) is 39.5 Å². The van der Waals surface area contributed by atoms with Crippen molar-refractivity contribution in [2.45, 2.75) is 11.3 Å². The van der Waals surface area contributed by atoms with Crippen LogP contribution in [0.2, 0.25) is 0 Å². The lowest BCUT2D eigenvalue weighted by molar-refractivity contribution is -0.122. The highest BCUT2D eigenvalue weighted by Crippen LogP contribution is 2.27. The Morgan fingerprint density at radius 2 is 1.92 bits per heavy atom. The van der Waals surface area contributed by atoms with Crippen molar-refractivity contribution >= 4 is 51.9 Å². The van der Waals surface area contributed by atoms with Gasteiger partial charge >= 0.3 is 0 Å². The number of thiol groups is 1. The number of thioether (sulfide) groups is 1. The fraction of sp³-hybridized carbons (Fsp3) is 0.278. The van der Waals surface area contributed by atoms with Gasteiger partial charge in [0.25, 0.3) is 5.91 Å². The molecule has 138 valence electrons. The molecule has 1 atom stereocenters. The minimum atomic E-state index is -0.0641. The van der Waals surface area contributed by atoms with Gasteiger partial charge in [-0.2, -0.15) is 0 Å². The van der Waals surface area contributed by atoms with Gasteiger partial charge in [0, 0.05) is 16.9 Å². The number of rotatable bonds is 6. The number of nitrogens with one attached hydrogen (secondary N) is 2. The molecule has 8 heteroatoms. The summed E-state index contributed by atoms with van der Waals surface area (Å²) in [6.07, 6.45) is 0. The first kappa shape index (κ1) is 19.6. The monoisotopic (exact) mass is 452 g/mol. The number of halogens is 1.